The quantitative estimate of drug-likeness (QED) is 0.571. The van der Waals surface area contributed by atoms with Crippen molar-refractivity contribution in [2.75, 3.05) is 11.4 Å². The molecule has 0 aliphatic carbocycles. The van der Waals surface area contributed by atoms with E-state index in [1.54, 1.807) is 9.47 Å². The van der Waals surface area contributed by atoms with Crippen molar-refractivity contribution in [1.82, 2.24) is 0 Å². The summed E-state index contributed by atoms with van der Waals surface area (Å²) >= 11 is 0. The maximum absolute atomic E-state index is 12.3. The van der Waals surface area contributed by atoms with Gasteiger partial charge in [-0.05, 0) is 26.3 Å². The Balaban J connectivity index is 2.64. The highest BCUT2D eigenvalue weighted by molar-refractivity contribution is 6.07. The molecule has 1 aliphatic heterocycles. The first-order valence-corrected chi connectivity index (χ1v) is 5.99. The van der Waals surface area contributed by atoms with E-state index in [9.17, 15) is 9.59 Å². The van der Waals surface area contributed by atoms with Crippen molar-refractivity contribution < 1.29 is 14.2 Å². The van der Waals surface area contributed by atoms with Crippen LogP contribution < -0.4 is 9.47 Å². The molecule has 1 amide bonds. The van der Waals surface area contributed by atoms with E-state index in [0.717, 1.165) is 5.69 Å². The number of aromatic nitrogens is 1. The molecule has 17 heavy (non-hydrogen) atoms. The molecule has 4 nitrogen and oxygen atoms in total. The molecular formula is C13H17N2O2+. The lowest BCUT2D eigenvalue weighted by Gasteiger charge is -2.25. The summed E-state index contributed by atoms with van der Waals surface area (Å²) in [5, 5.41) is 0. The summed E-state index contributed by atoms with van der Waals surface area (Å²) in [4.78, 5) is 26.1. The molecule has 1 atom stereocenters. The van der Waals surface area contributed by atoms with Crippen molar-refractivity contribution in [3.05, 3.63) is 23.9 Å². The zero-order valence-corrected chi connectivity index (χ0v) is 10.4. The molecule has 0 saturated heterocycles. The van der Waals surface area contributed by atoms with Crippen LogP contribution in [0.5, 0.6) is 0 Å². The van der Waals surface area contributed by atoms with E-state index in [-0.39, 0.29) is 11.8 Å². The van der Waals surface area contributed by atoms with Crippen LogP contribution in [0.1, 0.15) is 30.8 Å². The Hall–Kier alpha value is -1.71. The minimum Gasteiger partial charge on any atom is -0.246 e. The number of hydrogen-bond donors (Lipinski definition) is 0. The smallest absolute Gasteiger partial charge is 0.246 e. The molecular weight excluding hydrogens is 216 g/mol. The van der Waals surface area contributed by atoms with Gasteiger partial charge in [0.1, 0.15) is 5.69 Å². The van der Waals surface area contributed by atoms with Crippen LogP contribution in [0.2, 0.25) is 0 Å². The van der Waals surface area contributed by atoms with Crippen LogP contribution in [0.3, 0.4) is 0 Å². The van der Waals surface area contributed by atoms with E-state index in [1.807, 2.05) is 39.0 Å². The third kappa shape index (κ3) is 1.64. The molecule has 1 unspecified atom stereocenters. The molecule has 0 aromatic carbocycles. The van der Waals surface area contributed by atoms with Crippen molar-refractivity contribution >= 4 is 17.6 Å². The third-order valence-electron chi connectivity index (χ3n) is 3.25. The number of aryl methyl sites for hydroxylation is 1. The summed E-state index contributed by atoms with van der Waals surface area (Å²) in [7, 11) is 0. The zero-order valence-electron chi connectivity index (χ0n) is 10.4. The molecule has 0 N–H and O–H groups in total. The van der Waals surface area contributed by atoms with Gasteiger partial charge in [-0.1, -0.05) is 13.0 Å². The fraction of sp³-hybridized carbons (Fsp3) is 0.462. The molecule has 2 rings (SSSR count). The number of nitrogens with zero attached hydrogens (tertiary/aromatic N) is 2. The fourth-order valence-corrected chi connectivity index (χ4v) is 2.33. The molecule has 4 heteroatoms. The highest BCUT2D eigenvalue weighted by Crippen LogP contribution is 2.21. The number of anilines is 1. The van der Waals surface area contributed by atoms with Crippen LogP contribution >= 0.6 is 0 Å². The second-order valence-electron chi connectivity index (χ2n) is 4.24. The predicted octanol–water partition coefficient (Wildman–Crippen LogP) is 1.32. The topological polar surface area (TPSA) is 41.3 Å². The van der Waals surface area contributed by atoms with E-state index in [4.69, 9.17) is 0 Å². The van der Waals surface area contributed by atoms with Crippen LogP contribution in [0.15, 0.2) is 18.2 Å². The van der Waals surface area contributed by atoms with Gasteiger partial charge in [0.15, 0.2) is 5.92 Å². The molecule has 0 spiro atoms. The van der Waals surface area contributed by atoms with E-state index in [2.05, 4.69) is 0 Å². The van der Waals surface area contributed by atoms with Crippen molar-refractivity contribution in [3.8, 4) is 0 Å². The standard InChI is InChI=1S/C13H17N2O2/c1-4-10-12(16)14(5-2)11-8-6-7-9(3)15(11)13(10)17/h6-8,10H,4-5H2,1-3H3/q+1. The highest BCUT2D eigenvalue weighted by atomic mass is 16.2. The largest absolute Gasteiger partial charge is 0.329 e. The fourth-order valence-electron chi connectivity index (χ4n) is 2.33. The van der Waals surface area contributed by atoms with Crippen LogP contribution in [-0.2, 0) is 4.79 Å². The Kier molecular flexibility index (Phi) is 2.96. The van der Waals surface area contributed by atoms with Gasteiger partial charge in [-0.15, -0.1) is 0 Å². The van der Waals surface area contributed by atoms with Crippen molar-refractivity contribution in [2.24, 2.45) is 5.92 Å². The first kappa shape index (κ1) is 11.8. The lowest BCUT2D eigenvalue weighted by molar-refractivity contribution is -0.572. The van der Waals surface area contributed by atoms with Crippen molar-refractivity contribution in [2.45, 2.75) is 27.2 Å². The minimum absolute atomic E-state index is 0.0781. The summed E-state index contributed by atoms with van der Waals surface area (Å²) in [6, 6.07) is 5.58. The van der Waals surface area contributed by atoms with Crippen LogP contribution in [0.4, 0.5) is 5.82 Å². The van der Waals surface area contributed by atoms with Gasteiger partial charge in [0.25, 0.3) is 5.82 Å². The number of hydrogen-bond acceptors (Lipinski definition) is 2. The lowest BCUT2D eigenvalue weighted by Crippen LogP contribution is -2.62. The summed E-state index contributed by atoms with van der Waals surface area (Å²) in [5.74, 6) is -0.0262. The van der Waals surface area contributed by atoms with Gasteiger partial charge in [0, 0.05) is 6.07 Å². The van der Waals surface area contributed by atoms with Gasteiger partial charge >= 0.3 is 11.8 Å². The molecule has 1 aromatic heterocycles. The molecule has 1 aromatic rings. The van der Waals surface area contributed by atoms with E-state index in [1.165, 1.54) is 0 Å². The SMILES string of the molecule is CCC1C(=O)N(CC)c2cccc(C)[n+]2C1=O. The Bertz CT molecular complexity index is 482. The van der Waals surface area contributed by atoms with Gasteiger partial charge in [0.2, 0.25) is 0 Å². The van der Waals surface area contributed by atoms with Crippen LogP contribution in [0, 0.1) is 12.8 Å². The molecule has 0 radical (unpaired) electrons. The van der Waals surface area contributed by atoms with Gasteiger partial charge in [-0.2, -0.15) is 9.47 Å². The summed E-state index contributed by atoms with van der Waals surface area (Å²) < 4.78 is 1.65. The first-order chi connectivity index (χ1) is 8.11. The molecule has 2 heterocycles. The highest BCUT2D eigenvalue weighted by Gasteiger charge is 2.45. The van der Waals surface area contributed by atoms with Crippen LogP contribution in [-0.4, -0.2) is 18.4 Å². The normalized spacial score (nSPS) is 19.5. The van der Waals surface area contributed by atoms with Gasteiger partial charge < -0.3 is 0 Å². The molecule has 0 saturated carbocycles. The predicted molar refractivity (Wildman–Crippen MR) is 63.8 cm³/mol. The number of rotatable bonds is 2. The Labute approximate surface area is 101 Å². The van der Waals surface area contributed by atoms with Crippen molar-refractivity contribution in [3.63, 3.8) is 0 Å². The second-order valence-corrected chi connectivity index (χ2v) is 4.24. The Morgan fingerprint density at radius 3 is 2.59 bits per heavy atom. The molecule has 90 valence electrons. The van der Waals surface area contributed by atoms with E-state index >= 15 is 0 Å². The number of carbonyl (C=O) groups excluding carboxylic acids is 2. The lowest BCUT2D eigenvalue weighted by atomic mass is 10.0. The van der Waals surface area contributed by atoms with Gasteiger partial charge in [-0.25, -0.2) is 9.59 Å². The zero-order chi connectivity index (χ0) is 12.6. The summed E-state index contributed by atoms with van der Waals surface area (Å²) in [6.45, 7) is 6.27. The van der Waals surface area contributed by atoms with E-state index < -0.39 is 5.92 Å². The first-order valence-electron chi connectivity index (χ1n) is 5.99. The Morgan fingerprint density at radius 1 is 1.29 bits per heavy atom. The number of fused-ring (bicyclic) bond motifs is 1. The van der Waals surface area contributed by atoms with E-state index in [0.29, 0.717) is 18.8 Å². The maximum Gasteiger partial charge on any atom is 0.329 e. The molecule has 0 bridgehead atoms. The number of pyridine rings is 1. The van der Waals surface area contributed by atoms with Crippen LogP contribution in [0.25, 0.3) is 0 Å². The van der Waals surface area contributed by atoms with Gasteiger partial charge in [-0.3, -0.25) is 0 Å². The average Bonchev–Trinajstić information content (AvgIpc) is 2.30. The number of carbonyl (C=O) groups is 2. The molecule has 0 fully saturated rings. The monoisotopic (exact) mass is 233 g/mol. The average molecular weight is 233 g/mol. The summed E-state index contributed by atoms with van der Waals surface area (Å²) in [5.41, 5.74) is 0.872. The van der Waals surface area contributed by atoms with Gasteiger partial charge in [0.05, 0.1) is 6.54 Å². The maximum atomic E-state index is 12.3. The Morgan fingerprint density at radius 2 is 2.00 bits per heavy atom. The minimum atomic E-state index is -0.534. The number of amides is 1. The van der Waals surface area contributed by atoms with Crippen molar-refractivity contribution in [1.29, 1.82) is 0 Å². The molecule has 1 aliphatic rings. The third-order valence-corrected chi connectivity index (χ3v) is 3.25. The second kappa shape index (κ2) is 4.28. The summed E-state index contributed by atoms with van der Waals surface area (Å²) in [6.07, 6.45) is 0.551.